The number of unbranched alkanes of at least 4 members (excludes halogenated alkanes) is 5. The van der Waals surface area contributed by atoms with Crippen LogP contribution in [-0.4, -0.2) is 23.8 Å². The van der Waals surface area contributed by atoms with Gasteiger partial charge in [-0.1, -0.05) is 39.0 Å². The van der Waals surface area contributed by atoms with Crippen LogP contribution in [0.3, 0.4) is 0 Å². The van der Waals surface area contributed by atoms with Crippen molar-refractivity contribution in [1.82, 2.24) is 5.43 Å². The Bertz CT molecular complexity index is 645. The summed E-state index contributed by atoms with van der Waals surface area (Å²) in [5.74, 6) is 0.552. The molecule has 0 unspecified atom stereocenters. The van der Waals surface area contributed by atoms with Crippen LogP contribution in [0.5, 0.6) is 11.5 Å². The Labute approximate surface area is 146 Å². The maximum absolute atomic E-state index is 11.7. The number of hydrogen-bond acceptors (Lipinski definition) is 6. The molecule has 0 fully saturated rings. The van der Waals surface area contributed by atoms with Crippen molar-refractivity contribution in [2.75, 3.05) is 6.79 Å². The van der Waals surface area contributed by atoms with Crippen LogP contribution in [0.25, 0.3) is 0 Å². The highest BCUT2D eigenvalue weighted by molar-refractivity contribution is 5.88. The molecule has 0 radical (unpaired) electrons. The van der Waals surface area contributed by atoms with Gasteiger partial charge in [0.1, 0.15) is 0 Å². The number of carbonyl (C=O) groups excluding carboxylic acids is 1. The number of nitrogens with zero attached hydrogens (tertiary/aromatic N) is 2. The van der Waals surface area contributed by atoms with E-state index in [4.69, 9.17) is 9.47 Å². The summed E-state index contributed by atoms with van der Waals surface area (Å²) >= 11 is 0. The summed E-state index contributed by atoms with van der Waals surface area (Å²) in [6.45, 7) is 2.19. The second-order valence-corrected chi connectivity index (χ2v) is 5.83. The third-order valence-corrected chi connectivity index (χ3v) is 3.87. The van der Waals surface area contributed by atoms with Crippen LogP contribution >= 0.6 is 0 Å². The van der Waals surface area contributed by atoms with Gasteiger partial charge in [0, 0.05) is 6.42 Å². The fourth-order valence-electron chi connectivity index (χ4n) is 2.50. The minimum atomic E-state index is -0.526. The van der Waals surface area contributed by atoms with Crippen LogP contribution < -0.4 is 14.9 Å². The quantitative estimate of drug-likeness (QED) is 0.301. The van der Waals surface area contributed by atoms with E-state index >= 15 is 0 Å². The molecule has 0 aromatic heterocycles. The lowest BCUT2D eigenvalue weighted by Gasteiger charge is -2.02. The molecular formula is C17H23N3O5. The molecule has 0 saturated carbocycles. The van der Waals surface area contributed by atoms with Gasteiger partial charge in [-0.2, -0.15) is 5.10 Å². The lowest BCUT2D eigenvalue weighted by Crippen LogP contribution is -2.17. The van der Waals surface area contributed by atoms with E-state index in [2.05, 4.69) is 17.5 Å². The molecule has 1 aromatic rings. The van der Waals surface area contributed by atoms with Gasteiger partial charge in [0.2, 0.25) is 12.7 Å². The molecule has 0 bridgehead atoms. The van der Waals surface area contributed by atoms with E-state index in [1.54, 1.807) is 0 Å². The van der Waals surface area contributed by atoms with E-state index < -0.39 is 4.92 Å². The van der Waals surface area contributed by atoms with Crippen molar-refractivity contribution in [3.8, 4) is 11.5 Å². The molecule has 1 aliphatic heterocycles. The molecule has 0 atom stereocenters. The van der Waals surface area contributed by atoms with Crippen LogP contribution in [0.1, 0.15) is 57.4 Å². The van der Waals surface area contributed by atoms with Gasteiger partial charge in [0.15, 0.2) is 11.5 Å². The number of nitrogens with one attached hydrogen (secondary N) is 1. The predicted octanol–water partition coefficient (Wildman–Crippen LogP) is 3.52. The first kappa shape index (κ1) is 18.7. The average Bonchev–Trinajstić information content (AvgIpc) is 3.04. The van der Waals surface area contributed by atoms with Gasteiger partial charge in [-0.25, -0.2) is 5.43 Å². The normalized spacial score (nSPS) is 12.5. The first-order valence-electron chi connectivity index (χ1n) is 8.51. The number of carbonyl (C=O) groups is 1. The van der Waals surface area contributed by atoms with Gasteiger partial charge >= 0.3 is 0 Å². The fourth-order valence-corrected chi connectivity index (χ4v) is 2.50. The molecule has 2 rings (SSSR count). The summed E-state index contributed by atoms with van der Waals surface area (Å²) in [7, 11) is 0. The van der Waals surface area contributed by atoms with E-state index in [0.29, 0.717) is 17.9 Å². The highest BCUT2D eigenvalue weighted by Gasteiger charge is 2.22. The molecular weight excluding hydrogens is 326 g/mol. The fraction of sp³-hybridized carbons (Fsp3) is 0.529. The van der Waals surface area contributed by atoms with Gasteiger partial charge in [-0.3, -0.25) is 14.9 Å². The zero-order chi connectivity index (χ0) is 18.1. The van der Waals surface area contributed by atoms with Gasteiger partial charge in [-0.05, 0) is 12.5 Å². The summed E-state index contributed by atoms with van der Waals surface area (Å²) in [6, 6.07) is 2.77. The Morgan fingerprint density at radius 1 is 1.24 bits per heavy atom. The molecule has 1 aromatic carbocycles. The van der Waals surface area contributed by atoms with Crippen molar-refractivity contribution in [3.05, 3.63) is 27.8 Å². The van der Waals surface area contributed by atoms with Crippen molar-refractivity contribution in [1.29, 1.82) is 0 Å². The SMILES string of the molecule is CCCCCCCCC(=O)NN=Cc1cc2c(cc1[N+](=O)[O-])OCO2. The molecule has 25 heavy (non-hydrogen) atoms. The molecule has 8 heteroatoms. The van der Waals surface area contributed by atoms with E-state index in [1.165, 1.54) is 37.6 Å². The minimum Gasteiger partial charge on any atom is -0.454 e. The predicted molar refractivity (Wildman–Crippen MR) is 92.9 cm³/mol. The van der Waals surface area contributed by atoms with Gasteiger partial charge < -0.3 is 9.47 Å². The minimum absolute atomic E-state index is 0.0298. The number of hydrazone groups is 1. The Balaban J connectivity index is 1.83. The number of nitro benzene ring substituents is 1. The molecule has 136 valence electrons. The van der Waals surface area contributed by atoms with E-state index in [1.807, 2.05) is 0 Å². The summed E-state index contributed by atoms with van der Waals surface area (Å²) < 4.78 is 10.3. The Morgan fingerprint density at radius 2 is 1.92 bits per heavy atom. The van der Waals surface area contributed by atoms with Crippen LogP contribution in [0.2, 0.25) is 0 Å². The Morgan fingerprint density at radius 3 is 2.64 bits per heavy atom. The maximum Gasteiger partial charge on any atom is 0.282 e. The lowest BCUT2D eigenvalue weighted by atomic mass is 10.1. The van der Waals surface area contributed by atoms with Crippen LogP contribution in [-0.2, 0) is 4.79 Å². The van der Waals surface area contributed by atoms with Gasteiger partial charge in [0.05, 0.1) is 22.8 Å². The van der Waals surface area contributed by atoms with Crippen molar-refractivity contribution >= 4 is 17.8 Å². The summed E-state index contributed by atoms with van der Waals surface area (Å²) in [5, 5.41) is 14.9. The lowest BCUT2D eigenvalue weighted by molar-refractivity contribution is -0.385. The van der Waals surface area contributed by atoms with Crippen molar-refractivity contribution < 1.29 is 19.2 Å². The highest BCUT2D eigenvalue weighted by Crippen LogP contribution is 2.37. The van der Waals surface area contributed by atoms with Crippen LogP contribution in [0.15, 0.2) is 17.2 Å². The van der Waals surface area contributed by atoms with Crippen LogP contribution in [0.4, 0.5) is 5.69 Å². The topological polar surface area (TPSA) is 103 Å². The largest absolute Gasteiger partial charge is 0.454 e. The zero-order valence-corrected chi connectivity index (χ0v) is 14.3. The monoisotopic (exact) mass is 349 g/mol. The number of fused-ring (bicyclic) bond motifs is 1. The first-order chi connectivity index (χ1) is 12.1. The average molecular weight is 349 g/mol. The second-order valence-electron chi connectivity index (χ2n) is 5.83. The second kappa shape index (κ2) is 9.61. The standard InChI is InChI=1S/C17H23N3O5/c1-2-3-4-5-6-7-8-17(21)19-18-11-13-9-15-16(25-12-24-15)10-14(13)20(22)23/h9-11H,2-8,12H2,1H3,(H,19,21). The molecule has 0 aliphatic carbocycles. The summed E-state index contributed by atoms with van der Waals surface area (Å²) in [4.78, 5) is 22.3. The Hall–Kier alpha value is -2.64. The third kappa shape index (κ3) is 5.74. The van der Waals surface area contributed by atoms with E-state index in [9.17, 15) is 14.9 Å². The van der Waals surface area contributed by atoms with Crippen molar-refractivity contribution in [3.63, 3.8) is 0 Å². The van der Waals surface area contributed by atoms with Gasteiger partial charge in [0.25, 0.3) is 5.69 Å². The molecule has 8 nitrogen and oxygen atoms in total. The Kier molecular flexibility index (Phi) is 7.18. The molecule has 1 heterocycles. The number of nitro groups is 1. The van der Waals surface area contributed by atoms with E-state index in [-0.39, 0.29) is 24.0 Å². The number of hydrogen-bond donors (Lipinski definition) is 1. The summed E-state index contributed by atoms with van der Waals surface area (Å²) in [6.07, 6.45) is 8.23. The van der Waals surface area contributed by atoms with Crippen LogP contribution in [0, 0.1) is 10.1 Å². The van der Waals surface area contributed by atoms with Gasteiger partial charge in [-0.15, -0.1) is 0 Å². The number of amides is 1. The smallest absolute Gasteiger partial charge is 0.282 e. The molecule has 1 N–H and O–H groups in total. The molecule has 1 amide bonds. The molecule has 0 saturated heterocycles. The summed E-state index contributed by atoms with van der Waals surface area (Å²) in [5.41, 5.74) is 2.49. The number of ether oxygens (including phenoxy) is 2. The number of benzene rings is 1. The molecule has 0 spiro atoms. The highest BCUT2D eigenvalue weighted by atomic mass is 16.7. The van der Waals surface area contributed by atoms with Crippen molar-refractivity contribution in [2.24, 2.45) is 5.10 Å². The maximum atomic E-state index is 11.7. The first-order valence-corrected chi connectivity index (χ1v) is 8.51. The van der Waals surface area contributed by atoms with E-state index in [0.717, 1.165) is 19.3 Å². The van der Waals surface area contributed by atoms with Crippen molar-refractivity contribution in [2.45, 2.75) is 51.9 Å². The zero-order valence-electron chi connectivity index (χ0n) is 14.3. The third-order valence-electron chi connectivity index (χ3n) is 3.87. The molecule has 1 aliphatic rings. The number of rotatable bonds is 10.